The first-order valence-electron chi connectivity index (χ1n) is 8.24. The van der Waals surface area contributed by atoms with Gasteiger partial charge in [-0.2, -0.15) is 5.10 Å². The maximum absolute atomic E-state index is 13.3. The van der Waals surface area contributed by atoms with Crippen molar-refractivity contribution in [3.8, 4) is 0 Å². The second kappa shape index (κ2) is 8.49. The van der Waals surface area contributed by atoms with Crippen LogP contribution in [-0.4, -0.2) is 16.6 Å². The predicted octanol–water partition coefficient (Wildman–Crippen LogP) is 3.78. The lowest BCUT2D eigenvalue weighted by atomic mass is 9.97. The molecule has 3 aromatic rings. The number of benzene rings is 3. The van der Waals surface area contributed by atoms with Gasteiger partial charge >= 0.3 is 0 Å². The van der Waals surface area contributed by atoms with Gasteiger partial charge in [0.05, 0.1) is 5.71 Å². The number of halogens is 2. The standard InChI is InChI=1S/C21H15F2N3OS/c22-17-8-4-13(5-9-17)19(25-26-21(24)28)15-2-1-3-16(12-15)20(27)14-6-10-18(23)11-7-14/h1-12H,(H3,24,26,28)/b25-19-. The van der Waals surface area contributed by atoms with Crippen LogP contribution >= 0.6 is 12.2 Å². The van der Waals surface area contributed by atoms with Gasteiger partial charge < -0.3 is 5.73 Å². The molecule has 4 nitrogen and oxygen atoms in total. The summed E-state index contributed by atoms with van der Waals surface area (Å²) >= 11 is 4.79. The number of hydrazone groups is 1. The first kappa shape index (κ1) is 19.3. The lowest BCUT2D eigenvalue weighted by Crippen LogP contribution is -2.26. The van der Waals surface area contributed by atoms with E-state index < -0.39 is 5.82 Å². The molecule has 0 aromatic heterocycles. The zero-order valence-corrected chi connectivity index (χ0v) is 15.3. The molecule has 0 bridgehead atoms. The molecule has 140 valence electrons. The van der Waals surface area contributed by atoms with Gasteiger partial charge in [0, 0.05) is 22.3 Å². The van der Waals surface area contributed by atoms with Crippen molar-refractivity contribution < 1.29 is 13.6 Å². The minimum absolute atomic E-state index is 0.0295. The molecule has 0 saturated heterocycles. The van der Waals surface area contributed by atoms with E-state index in [1.54, 1.807) is 36.4 Å². The molecular formula is C21H15F2N3OS. The Labute approximate surface area is 165 Å². The van der Waals surface area contributed by atoms with Crippen molar-refractivity contribution in [1.82, 2.24) is 5.43 Å². The maximum Gasteiger partial charge on any atom is 0.193 e. The van der Waals surface area contributed by atoms with Crippen LogP contribution in [0.2, 0.25) is 0 Å². The van der Waals surface area contributed by atoms with E-state index in [0.717, 1.165) is 0 Å². The van der Waals surface area contributed by atoms with E-state index in [9.17, 15) is 13.6 Å². The predicted molar refractivity (Wildman–Crippen MR) is 108 cm³/mol. The summed E-state index contributed by atoms with van der Waals surface area (Å²) in [5, 5.41) is 4.17. The van der Waals surface area contributed by atoms with Crippen molar-refractivity contribution in [2.45, 2.75) is 0 Å². The number of carbonyl (C=O) groups is 1. The van der Waals surface area contributed by atoms with Gasteiger partial charge in [-0.1, -0.05) is 18.2 Å². The largest absolute Gasteiger partial charge is 0.375 e. The molecule has 3 aromatic carbocycles. The molecule has 0 aliphatic carbocycles. The average Bonchev–Trinajstić information content (AvgIpc) is 2.69. The quantitative estimate of drug-likeness (QED) is 0.299. The van der Waals surface area contributed by atoms with Gasteiger partial charge in [-0.05, 0) is 66.8 Å². The van der Waals surface area contributed by atoms with Crippen LogP contribution < -0.4 is 11.2 Å². The lowest BCUT2D eigenvalue weighted by molar-refractivity contribution is 0.103. The second-order valence-electron chi connectivity index (χ2n) is 5.86. The Kier molecular flexibility index (Phi) is 5.86. The van der Waals surface area contributed by atoms with E-state index in [1.807, 2.05) is 0 Å². The van der Waals surface area contributed by atoms with E-state index >= 15 is 0 Å². The number of hydrogen-bond donors (Lipinski definition) is 2. The summed E-state index contributed by atoms with van der Waals surface area (Å²) in [6, 6.07) is 17.8. The maximum atomic E-state index is 13.3. The molecule has 0 unspecified atom stereocenters. The topological polar surface area (TPSA) is 67.5 Å². The van der Waals surface area contributed by atoms with Gasteiger partial charge in [-0.25, -0.2) is 8.78 Å². The third-order valence-electron chi connectivity index (χ3n) is 3.90. The Hall–Kier alpha value is -3.45. The van der Waals surface area contributed by atoms with Gasteiger partial charge in [0.25, 0.3) is 0 Å². The number of thiocarbonyl (C=S) groups is 1. The minimum atomic E-state index is -0.417. The van der Waals surface area contributed by atoms with Crippen molar-refractivity contribution in [2.75, 3.05) is 0 Å². The van der Waals surface area contributed by atoms with Crippen LogP contribution in [0.4, 0.5) is 8.78 Å². The summed E-state index contributed by atoms with van der Waals surface area (Å²) < 4.78 is 26.4. The lowest BCUT2D eigenvalue weighted by Gasteiger charge is -2.10. The number of nitrogens with one attached hydrogen (secondary N) is 1. The van der Waals surface area contributed by atoms with Crippen LogP contribution in [0.3, 0.4) is 0 Å². The smallest absolute Gasteiger partial charge is 0.193 e. The Morgan fingerprint density at radius 1 is 0.821 bits per heavy atom. The molecule has 7 heteroatoms. The van der Waals surface area contributed by atoms with Crippen molar-refractivity contribution in [3.63, 3.8) is 0 Å². The first-order chi connectivity index (χ1) is 13.4. The van der Waals surface area contributed by atoms with Crippen LogP contribution in [0.25, 0.3) is 0 Å². The number of nitrogens with two attached hydrogens (primary N) is 1. The van der Waals surface area contributed by atoms with Gasteiger partial charge in [0.15, 0.2) is 10.9 Å². The fraction of sp³-hybridized carbons (Fsp3) is 0. The highest BCUT2D eigenvalue weighted by atomic mass is 32.1. The fourth-order valence-corrected chi connectivity index (χ4v) is 2.64. The molecule has 3 N–H and O–H groups in total. The van der Waals surface area contributed by atoms with Crippen LogP contribution in [0.5, 0.6) is 0 Å². The Morgan fingerprint density at radius 2 is 1.36 bits per heavy atom. The Bertz CT molecular complexity index is 1050. The van der Waals surface area contributed by atoms with E-state index in [2.05, 4.69) is 10.5 Å². The molecule has 3 rings (SSSR count). The van der Waals surface area contributed by atoms with Gasteiger partial charge in [0.2, 0.25) is 0 Å². The highest BCUT2D eigenvalue weighted by Gasteiger charge is 2.13. The molecule has 0 aliphatic rings. The third kappa shape index (κ3) is 4.63. The van der Waals surface area contributed by atoms with E-state index in [4.69, 9.17) is 18.0 Å². The van der Waals surface area contributed by atoms with Crippen molar-refractivity contribution in [3.05, 3.63) is 107 Å². The summed E-state index contributed by atoms with van der Waals surface area (Å²) in [4.78, 5) is 12.7. The number of rotatable bonds is 5. The van der Waals surface area contributed by atoms with Crippen LogP contribution in [0.15, 0.2) is 77.9 Å². The van der Waals surface area contributed by atoms with Gasteiger partial charge in [-0.15, -0.1) is 0 Å². The SMILES string of the molecule is NC(=S)N/N=C(/c1ccc(F)cc1)c1cccc(C(=O)c2ccc(F)cc2)c1. The number of nitrogens with zero attached hydrogens (tertiary/aromatic N) is 1. The summed E-state index contributed by atoms with van der Waals surface area (Å²) in [6.45, 7) is 0. The molecule has 28 heavy (non-hydrogen) atoms. The second-order valence-corrected chi connectivity index (χ2v) is 6.30. The highest BCUT2D eigenvalue weighted by Crippen LogP contribution is 2.17. The monoisotopic (exact) mass is 395 g/mol. The molecule has 0 spiro atoms. The van der Waals surface area contributed by atoms with Crippen molar-refractivity contribution >= 4 is 28.8 Å². The van der Waals surface area contributed by atoms with Gasteiger partial charge in [0.1, 0.15) is 11.6 Å². The fourth-order valence-electron chi connectivity index (χ4n) is 2.59. The van der Waals surface area contributed by atoms with Gasteiger partial charge in [-0.3, -0.25) is 10.2 Å². The van der Waals surface area contributed by atoms with Crippen molar-refractivity contribution in [2.24, 2.45) is 10.8 Å². The zero-order valence-electron chi connectivity index (χ0n) is 14.5. The minimum Gasteiger partial charge on any atom is -0.375 e. The van der Waals surface area contributed by atoms with Crippen LogP contribution in [-0.2, 0) is 0 Å². The number of carbonyl (C=O) groups excluding carboxylic acids is 1. The summed E-state index contributed by atoms with van der Waals surface area (Å²) in [7, 11) is 0. The Balaban J connectivity index is 2.01. The number of ketones is 1. The van der Waals surface area contributed by atoms with Crippen LogP contribution in [0, 0.1) is 11.6 Å². The molecular weight excluding hydrogens is 380 g/mol. The molecule has 0 atom stereocenters. The van der Waals surface area contributed by atoms with E-state index in [0.29, 0.717) is 28.0 Å². The Morgan fingerprint density at radius 3 is 1.93 bits per heavy atom. The molecule has 0 heterocycles. The third-order valence-corrected chi connectivity index (χ3v) is 3.99. The van der Waals surface area contributed by atoms with Crippen molar-refractivity contribution in [1.29, 1.82) is 0 Å². The molecule has 0 saturated carbocycles. The van der Waals surface area contributed by atoms with E-state index in [1.165, 1.54) is 36.4 Å². The molecule has 0 radical (unpaired) electrons. The average molecular weight is 395 g/mol. The van der Waals surface area contributed by atoms with E-state index in [-0.39, 0.29) is 16.7 Å². The molecule has 0 aliphatic heterocycles. The number of hydrogen-bond acceptors (Lipinski definition) is 3. The normalized spacial score (nSPS) is 11.1. The summed E-state index contributed by atoms with van der Waals surface area (Å²) in [5.74, 6) is -1.06. The first-order valence-corrected chi connectivity index (χ1v) is 8.64. The van der Waals surface area contributed by atoms with Crippen LogP contribution in [0.1, 0.15) is 27.0 Å². The summed E-state index contributed by atoms with van der Waals surface area (Å²) in [6.07, 6.45) is 0. The zero-order chi connectivity index (χ0) is 20.1. The molecule has 0 fully saturated rings. The summed E-state index contributed by atoms with van der Waals surface area (Å²) in [5.41, 5.74) is 10.4. The highest BCUT2D eigenvalue weighted by molar-refractivity contribution is 7.80. The molecule has 0 amide bonds.